The zero-order valence-electron chi connectivity index (χ0n) is 12.3. The lowest BCUT2D eigenvalue weighted by Gasteiger charge is -2.46. The number of carbonyl (C=O) groups is 1. The third-order valence-corrected chi connectivity index (χ3v) is 5.49. The van der Waals surface area contributed by atoms with Gasteiger partial charge in [0.15, 0.2) is 0 Å². The number of hydrogen-bond donors (Lipinski definition) is 1. The first kappa shape index (κ1) is 13.4. The molecule has 1 N–H and O–H groups in total. The largest absolute Gasteiger partial charge is 0.342 e. The van der Waals surface area contributed by atoms with Crippen LogP contribution in [-0.2, 0) is 4.79 Å². The Morgan fingerprint density at radius 1 is 1.21 bits per heavy atom. The molecule has 4 heteroatoms. The number of amides is 1. The van der Waals surface area contributed by atoms with Gasteiger partial charge in [0.05, 0.1) is 5.92 Å². The Morgan fingerprint density at radius 3 is 2.79 bits per heavy atom. The minimum absolute atomic E-state index is 0.220. The van der Waals surface area contributed by atoms with Gasteiger partial charge in [0.25, 0.3) is 0 Å². The molecule has 0 aliphatic carbocycles. The highest BCUT2D eigenvalue weighted by atomic mass is 16.2. The second-order valence-corrected chi connectivity index (χ2v) is 6.77. The van der Waals surface area contributed by atoms with E-state index < -0.39 is 0 Å². The number of likely N-dealkylation sites (tertiary alicyclic amines) is 2. The van der Waals surface area contributed by atoms with E-state index in [0.717, 1.165) is 32.2 Å². The van der Waals surface area contributed by atoms with Crippen LogP contribution < -0.4 is 5.32 Å². The van der Waals surface area contributed by atoms with Crippen molar-refractivity contribution in [3.63, 3.8) is 0 Å². The van der Waals surface area contributed by atoms with Crippen molar-refractivity contribution < 1.29 is 4.79 Å². The molecule has 4 nitrogen and oxygen atoms in total. The lowest BCUT2D eigenvalue weighted by molar-refractivity contribution is -0.139. The second kappa shape index (κ2) is 5.41. The van der Waals surface area contributed by atoms with Crippen molar-refractivity contribution in [1.82, 2.24) is 15.1 Å². The van der Waals surface area contributed by atoms with Crippen LogP contribution >= 0.6 is 0 Å². The van der Waals surface area contributed by atoms with Gasteiger partial charge in [0.2, 0.25) is 5.91 Å². The summed E-state index contributed by atoms with van der Waals surface area (Å²) in [5.41, 5.74) is 0. The Balaban J connectivity index is 1.62. The summed E-state index contributed by atoms with van der Waals surface area (Å²) in [6, 6.07) is 0.719. The van der Waals surface area contributed by atoms with Gasteiger partial charge in [-0.2, -0.15) is 0 Å². The summed E-state index contributed by atoms with van der Waals surface area (Å²) >= 11 is 0. The average molecular weight is 265 g/mol. The molecule has 3 aliphatic rings. The van der Waals surface area contributed by atoms with Crippen LogP contribution in [0.2, 0.25) is 0 Å². The van der Waals surface area contributed by atoms with Crippen molar-refractivity contribution in [1.29, 1.82) is 0 Å². The molecule has 3 saturated heterocycles. The Labute approximate surface area is 116 Å². The minimum atomic E-state index is 0.220. The number of carbonyl (C=O) groups excluding carboxylic acids is 1. The molecule has 0 bridgehead atoms. The normalized spacial score (nSPS) is 40.2. The van der Waals surface area contributed by atoms with E-state index in [1.54, 1.807) is 0 Å². The maximum atomic E-state index is 12.6. The van der Waals surface area contributed by atoms with Crippen LogP contribution in [-0.4, -0.2) is 61.5 Å². The first-order chi connectivity index (χ1) is 9.16. The molecule has 0 saturated carbocycles. The van der Waals surface area contributed by atoms with Gasteiger partial charge in [-0.15, -0.1) is 0 Å². The lowest BCUT2D eigenvalue weighted by atomic mass is 9.83. The SMILES string of the molecule is C[C@@H]1CNC[C@H]1C(=O)N1CCC2C(CCCN2C)C1. The number of nitrogens with zero attached hydrogens (tertiary/aromatic N) is 2. The molecular weight excluding hydrogens is 238 g/mol. The topological polar surface area (TPSA) is 35.6 Å². The van der Waals surface area contributed by atoms with Gasteiger partial charge in [-0.25, -0.2) is 0 Å². The van der Waals surface area contributed by atoms with E-state index in [4.69, 9.17) is 0 Å². The third-order valence-electron chi connectivity index (χ3n) is 5.49. The first-order valence-corrected chi connectivity index (χ1v) is 7.86. The lowest BCUT2D eigenvalue weighted by Crippen LogP contribution is -2.55. The molecule has 1 amide bonds. The van der Waals surface area contributed by atoms with Crippen LogP contribution in [0.5, 0.6) is 0 Å². The number of nitrogens with one attached hydrogen (secondary N) is 1. The molecule has 3 rings (SSSR count). The van der Waals surface area contributed by atoms with Crippen molar-refractivity contribution in [3.05, 3.63) is 0 Å². The summed E-state index contributed by atoms with van der Waals surface area (Å²) < 4.78 is 0. The van der Waals surface area contributed by atoms with Crippen LogP contribution in [0.15, 0.2) is 0 Å². The Bertz CT molecular complexity index is 346. The predicted octanol–water partition coefficient (Wildman–Crippen LogP) is 0.785. The number of fused-ring (bicyclic) bond motifs is 1. The van der Waals surface area contributed by atoms with E-state index in [0.29, 0.717) is 17.7 Å². The zero-order valence-corrected chi connectivity index (χ0v) is 12.3. The molecule has 0 aromatic carbocycles. The maximum absolute atomic E-state index is 12.6. The van der Waals surface area contributed by atoms with E-state index in [2.05, 4.69) is 29.1 Å². The second-order valence-electron chi connectivity index (χ2n) is 6.77. The highest BCUT2D eigenvalue weighted by Crippen LogP contribution is 2.31. The summed E-state index contributed by atoms with van der Waals surface area (Å²) in [6.45, 7) is 7.27. The van der Waals surface area contributed by atoms with Crippen LogP contribution in [0.25, 0.3) is 0 Å². The molecule has 0 aromatic rings. The van der Waals surface area contributed by atoms with Crippen molar-refractivity contribution in [2.24, 2.45) is 17.8 Å². The monoisotopic (exact) mass is 265 g/mol. The summed E-state index contributed by atoms with van der Waals surface area (Å²) in [5, 5.41) is 3.35. The molecule has 19 heavy (non-hydrogen) atoms. The van der Waals surface area contributed by atoms with E-state index >= 15 is 0 Å². The van der Waals surface area contributed by atoms with Crippen LogP contribution in [0.1, 0.15) is 26.2 Å². The fraction of sp³-hybridized carbons (Fsp3) is 0.933. The number of hydrogen-bond acceptors (Lipinski definition) is 3. The molecule has 108 valence electrons. The van der Waals surface area contributed by atoms with E-state index in [1.165, 1.54) is 25.8 Å². The predicted molar refractivity (Wildman–Crippen MR) is 75.9 cm³/mol. The van der Waals surface area contributed by atoms with Crippen molar-refractivity contribution in [2.45, 2.75) is 32.2 Å². The highest BCUT2D eigenvalue weighted by Gasteiger charge is 2.39. The van der Waals surface area contributed by atoms with Crippen molar-refractivity contribution >= 4 is 5.91 Å². The number of rotatable bonds is 1. The van der Waals surface area contributed by atoms with Gasteiger partial charge in [-0.1, -0.05) is 6.92 Å². The van der Waals surface area contributed by atoms with Crippen LogP contribution in [0.3, 0.4) is 0 Å². The zero-order chi connectivity index (χ0) is 13.4. The highest BCUT2D eigenvalue weighted by molar-refractivity contribution is 5.80. The summed E-state index contributed by atoms with van der Waals surface area (Å²) in [5.74, 6) is 1.84. The quantitative estimate of drug-likeness (QED) is 0.761. The molecule has 0 radical (unpaired) electrons. The van der Waals surface area contributed by atoms with Gasteiger partial charge < -0.3 is 15.1 Å². The van der Waals surface area contributed by atoms with Gasteiger partial charge >= 0.3 is 0 Å². The van der Waals surface area contributed by atoms with E-state index in [1.807, 2.05) is 0 Å². The Hall–Kier alpha value is -0.610. The summed E-state index contributed by atoms with van der Waals surface area (Å²) in [7, 11) is 2.25. The third kappa shape index (κ3) is 2.52. The van der Waals surface area contributed by atoms with Crippen molar-refractivity contribution in [3.8, 4) is 0 Å². The molecule has 0 spiro atoms. The van der Waals surface area contributed by atoms with Crippen LogP contribution in [0.4, 0.5) is 0 Å². The van der Waals surface area contributed by atoms with Gasteiger partial charge in [0.1, 0.15) is 0 Å². The van der Waals surface area contributed by atoms with Gasteiger partial charge in [-0.3, -0.25) is 4.79 Å². The van der Waals surface area contributed by atoms with Gasteiger partial charge in [-0.05, 0) is 51.2 Å². The Kier molecular flexibility index (Phi) is 3.81. The smallest absolute Gasteiger partial charge is 0.227 e. The standard InChI is InChI=1S/C15H27N3O/c1-11-8-16-9-13(11)15(19)18-7-5-14-12(10-18)4-3-6-17(14)2/h11-14,16H,3-10H2,1-2H3/t11-,12?,13-,14?/m1/s1. The first-order valence-electron chi connectivity index (χ1n) is 7.86. The fourth-order valence-electron chi connectivity index (χ4n) is 4.23. The minimum Gasteiger partial charge on any atom is -0.342 e. The molecule has 4 atom stereocenters. The molecule has 3 heterocycles. The number of piperidine rings is 2. The van der Waals surface area contributed by atoms with E-state index in [9.17, 15) is 4.79 Å². The maximum Gasteiger partial charge on any atom is 0.227 e. The molecule has 3 aliphatic heterocycles. The van der Waals surface area contributed by atoms with E-state index in [-0.39, 0.29) is 5.92 Å². The average Bonchev–Trinajstić information content (AvgIpc) is 2.84. The van der Waals surface area contributed by atoms with Crippen LogP contribution in [0, 0.1) is 17.8 Å². The molecule has 3 fully saturated rings. The molecule has 2 unspecified atom stereocenters. The fourth-order valence-corrected chi connectivity index (χ4v) is 4.23. The summed E-state index contributed by atoms with van der Waals surface area (Å²) in [4.78, 5) is 17.3. The molecular formula is C15H27N3O. The summed E-state index contributed by atoms with van der Waals surface area (Å²) in [6.07, 6.45) is 3.76. The Morgan fingerprint density at radius 2 is 2.05 bits per heavy atom. The van der Waals surface area contributed by atoms with Crippen molar-refractivity contribution in [2.75, 3.05) is 39.8 Å². The molecule has 0 aromatic heterocycles. The van der Waals surface area contributed by atoms with Gasteiger partial charge in [0, 0.05) is 25.7 Å².